The number of aliphatic hydroxyl groups is 1. The first-order valence-corrected chi connectivity index (χ1v) is 14.4. The second kappa shape index (κ2) is 23.1. The lowest BCUT2D eigenvalue weighted by molar-refractivity contribution is 0.146. The summed E-state index contributed by atoms with van der Waals surface area (Å²) in [5.41, 5.74) is 0. The van der Waals surface area contributed by atoms with E-state index in [9.17, 15) is 5.11 Å². The minimum atomic E-state index is -4.64. The van der Waals surface area contributed by atoms with Crippen molar-refractivity contribution in [3.63, 3.8) is 0 Å². The van der Waals surface area contributed by atoms with Gasteiger partial charge in [0.1, 0.15) is 0 Å². The Balaban J connectivity index is 0. The molecule has 0 heterocycles. The largest absolute Gasteiger partial charge is 0.466 e. The molecule has 2 unspecified atom stereocenters. The molecule has 4 N–H and O–H groups in total. The molecule has 0 saturated carbocycles. The van der Waals surface area contributed by atoms with Gasteiger partial charge in [-0.1, -0.05) is 104 Å². The smallest absolute Gasteiger partial charge is 0.393 e. The first kappa shape index (κ1) is 31.6. The van der Waals surface area contributed by atoms with Crippen molar-refractivity contribution in [2.45, 2.75) is 123 Å². The number of rotatable bonds is 19. The van der Waals surface area contributed by atoms with Crippen LogP contribution in [0, 0.1) is 5.92 Å². The van der Waals surface area contributed by atoms with Crippen molar-refractivity contribution in [2.24, 2.45) is 5.92 Å². The van der Waals surface area contributed by atoms with E-state index in [0.717, 1.165) is 5.75 Å². The van der Waals surface area contributed by atoms with Gasteiger partial charge in [-0.15, -0.1) is 0 Å². The first-order chi connectivity index (χ1) is 13.7. The zero-order valence-electron chi connectivity index (χ0n) is 19.2. The van der Waals surface area contributed by atoms with Crippen molar-refractivity contribution in [1.82, 2.24) is 0 Å². The third-order valence-corrected chi connectivity index (χ3v) is 6.44. The summed E-state index contributed by atoms with van der Waals surface area (Å²) in [4.78, 5) is 21.6. The number of hydrogen-bond acceptors (Lipinski definition) is 3. The van der Waals surface area contributed by atoms with Crippen LogP contribution in [0.4, 0.5) is 0 Å². The van der Waals surface area contributed by atoms with E-state index < -0.39 is 7.82 Å². The summed E-state index contributed by atoms with van der Waals surface area (Å²) in [5.74, 6) is 2.82. The van der Waals surface area contributed by atoms with Gasteiger partial charge >= 0.3 is 7.82 Å². The highest BCUT2D eigenvalue weighted by Crippen LogP contribution is 2.25. The summed E-state index contributed by atoms with van der Waals surface area (Å²) in [6.07, 6.45) is 21.4. The number of thioether (sulfide) groups is 1. The molecule has 0 saturated heterocycles. The zero-order chi connectivity index (χ0) is 22.4. The van der Waals surface area contributed by atoms with Crippen molar-refractivity contribution in [2.75, 3.05) is 11.5 Å². The third-order valence-electron chi connectivity index (χ3n) is 5.10. The lowest BCUT2D eigenvalue weighted by Crippen LogP contribution is -2.15. The predicted molar refractivity (Wildman–Crippen MR) is 127 cm³/mol. The molecule has 7 heteroatoms. The number of aliphatic hydroxyl groups excluding tert-OH is 1. The summed E-state index contributed by atoms with van der Waals surface area (Å²) < 4.78 is 8.88. The molecular formula is C22H49O5PS. The van der Waals surface area contributed by atoms with Gasteiger partial charge in [-0.25, -0.2) is 4.57 Å². The minimum Gasteiger partial charge on any atom is -0.393 e. The van der Waals surface area contributed by atoms with E-state index in [1.54, 1.807) is 0 Å². The highest BCUT2D eigenvalue weighted by Gasteiger charge is 2.07. The molecule has 5 nitrogen and oxygen atoms in total. The molecule has 0 bridgehead atoms. The molecule has 0 radical (unpaired) electrons. The maximum absolute atomic E-state index is 9.44. The maximum Gasteiger partial charge on any atom is 0.466 e. The monoisotopic (exact) mass is 456 g/mol. The highest BCUT2D eigenvalue weighted by molar-refractivity contribution is 7.99. The van der Waals surface area contributed by atoms with Gasteiger partial charge in [0.05, 0.1) is 6.10 Å². The van der Waals surface area contributed by atoms with E-state index in [4.69, 9.17) is 19.2 Å². The Morgan fingerprint density at radius 3 is 1.31 bits per heavy atom. The van der Waals surface area contributed by atoms with Gasteiger partial charge < -0.3 is 19.8 Å². The standard InChI is InChI=1S/C22H46OS.H3O4P/c1-4-5-6-7-8-9-10-11-12-13-14-15-16-17-18-19-24-20-21(2)22(3)23;1-5(2,3)4/h21-23H,4-20H2,1-3H3;(H3,1,2,3,4). The van der Waals surface area contributed by atoms with Crippen LogP contribution in [-0.4, -0.2) is 37.4 Å². The van der Waals surface area contributed by atoms with Crippen LogP contribution in [0.5, 0.6) is 0 Å². The molecule has 0 aliphatic carbocycles. The average Bonchev–Trinajstić information content (AvgIpc) is 2.62. The molecule has 0 amide bonds. The summed E-state index contributed by atoms with van der Waals surface area (Å²) in [6, 6.07) is 0. The Kier molecular flexibility index (Phi) is 25.2. The second-order valence-electron chi connectivity index (χ2n) is 8.26. The Morgan fingerprint density at radius 2 is 1.00 bits per heavy atom. The third kappa shape index (κ3) is 36.2. The average molecular weight is 457 g/mol. The normalized spacial score (nSPS) is 13.6. The lowest BCUT2D eigenvalue weighted by Gasteiger charge is -2.13. The quantitative estimate of drug-likeness (QED) is 0.128. The SMILES string of the molecule is CCCCCCCCCCCCCCCCCSCC(C)C(C)O.O=P(O)(O)O. The topological polar surface area (TPSA) is 98.0 Å². The molecule has 29 heavy (non-hydrogen) atoms. The van der Waals surface area contributed by atoms with Gasteiger partial charge in [0.2, 0.25) is 0 Å². The number of hydrogen-bond donors (Lipinski definition) is 4. The zero-order valence-corrected chi connectivity index (χ0v) is 20.9. The molecule has 0 fully saturated rings. The van der Waals surface area contributed by atoms with E-state index in [1.807, 2.05) is 18.7 Å². The maximum atomic E-state index is 9.44. The molecular weight excluding hydrogens is 407 g/mol. The van der Waals surface area contributed by atoms with Crippen LogP contribution in [0.3, 0.4) is 0 Å². The van der Waals surface area contributed by atoms with Crippen molar-refractivity contribution in [3.8, 4) is 0 Å². The Bertz CT molecular complexity index is 355. The molecule has 0 aliphatic heterocycles. The van der Waals surface area contributed by atoms with Gasteiger partial charge in [-0.2, -0.15) is 11.8 Å². The van der Waals surface area contributed by atoms with Gasteiger partial charge in [-0.3, -0.25) is 0 Å². The molecule has 0 aromatic carbocycles. The van der Waals surface area contributed by atoms with E-state index >= 15 is 0 Å². The summed E-state index contributed by atoms with van der Waals surface area (Å²) >= 11 is 2.02. The highest BCUT2D eigenvalue weighted by atomic mass is 32.2. The number of unbranched alkanes of at least 4 members (excludes halogenated alkanes) is 14. The van der Waals surface area contributed by atoms with Crippen molar-refractivity contribution >= 4 is 19.6 Å². The van der Waals surface area contributed by atoms with Crippen LogP contribution in [0.25, 0.3) is 0 Å². The molecule has 0 rings (SSSR count). The fourth-order valence-electron chi connectivity index (χ4n) is 2.98. The van der Waals surface area contributed by atoms with Crippen LogP contribution in [-0.2, 0) is 4.57 Å². The summed E-state index contributed by atoms with van der Waals surface area (Å²) in [6.45, 7) is 6.34. The Morgan fingerprint density at radius 1 is 0.690 bits per heavy atom. The first-order valence-electron chi connectivity index (χ1n) is 11.7. The number of phosphoric acid groups is 1. The molecule has 0 aromatic heterocycles. The molecule has 0 spiro atoms. The van der Waals surface area contributed by atoms with Crippen LogP contribution in [0.2, 0.25) is 0 Å². The molecule has 178 valence electrons. The second-order valence-corrected chi connectivity index (χ2v) is 10.4. The van der Waals surface area contributed by atoms with Crippen LogP contribution in [0.1, 0.15) is 117 Å². The van der Waals surface area contributed by atoms with Gasteiger partial charge in [0.25, 0.3) is 0 Å². The van der Waals surface area contributed by atoms with Crippen molar-refractivity contribution in [3.05, 3.63) is 0 Å². The summed E-state index contributed by atoms with van der Waals surface area (Å²) in [7, 11) is -4.64. The fourth-order valence-corrected chi connectivity index (χ4v) is 4.21. The molecule has 0 aromatic rings. The fraction of sp³-hybridized carbons (Fsp3) is 1.00. The van der Waals surface area contributed by atoms with Gasteiger partial charge in [0, 0.05) is 0 Å². The summed E-state index contributed by atoms with van der Waals surface area (Å²) in [5, 5.41) is 9.44. The van der Waals surface area contributed by atoms with Gasteiger partial charge in [0.15, 0.2) is 0 Å². The molecule has 2 atom stereocenters. The van der Waals surface area contributed by atoms with Crippen LogP contribution in [0.15, 0.2) is 0 Å². The minimum absolute atomic E-state index is 0.154. The Hall–Kier alpha value is 0.420. The lowest BCUT2D eigenvalue weighted by atomic mass is 10.0. The van der Waals surface area contributed by atoms with E-state index in [2.05, 4.69) is 13.8 Å². The van der Waals surface area contributed by atoms with E-state index in [0.29, 0.717) is 5.92 Å². The predicted octanol–water partition coefficient (Wildman–Crippen LogP) is 6.68. The van der Waals surface area contributed by atoms with Crippen molar-refractivity contribution < 1.29 is 24.4 Å². The van der Waals surface area contributed by atoms with Crippen molar-refractivity contribution in [1.29, 1.82) is 0 Å². The molecule has 0 aliphatic rings. The van der Waals surface area contributed by atoms with Gasteiger partial charge in [-0.05, 0) is 30.8 Å². The van der Waals surface area contributed by atoms with E-state index in [1.165, 1.54) is 102 Å². The van der Waals surface area contributed by atoms with Crippen LogP contribution >= 0.6 is 19.6 Å². The Labute approximate surface area is 184 Å². The van der Waals surface area contributed by atoms with Crippen LogP contribution < -0.4 is 0 Å². The van der Waals surface area contributed by atoms with E-state index in [-0.39, 0.29) is 6.10 Å².